The quantitative estimate of drug-likeness (QED) is 0.770. The lowest BCUT2D eigenvalue weighted by molar-refractivity contribution is 0.262. The maximum absolute atomic E-state index is 11.7. The average molecular weight is 247 g/mol. The van der Waals surface area contributed by atoms with Crippen LogP contribution in [0.2, 0.25) is 0 Å². The van der Waals surface area contributed by atoms with Crippen molar-refractivity contribution in [3.63, 3.8) is 0 Å². The Hall–Kier alpha value is -2.57. The molecule has 7 nitrogen and oxygen atoms in total. The standard InChI is InChI=1S/C11H13N5O2/c1-7-12-10(16-15-7)14-11(17)13-8-5-3-4-6-9(8)18-2/h3-6H,1-2H3,(H3,12,13,14,15,16,17). The van der Waals surface area contributed by atoms with Crippen molar-refractivity contribution in [2.24, 2.45) is 0 Å². The van der Waals surface area contributed by atoms with E-state index in [2.05, 4.69) is 25.8 Å². The molecule has 1 aromatic heterocycles. The number of benzene rings is 1. The number of para-hydroxylation sites is 2. The fourth-order valence-corrected chi connectivity index (χ4v) is 1.40. The first kappa shape index (κ1) is 11.9. The van der Waals surface area contributed by atoms with Gasteiger partial charge >= 0.3 is 6.03 Å². The molecule has 0 fully saturated rings. The Balaban J connectivity index is 2.03. The van der Waals surface area contributed by atoms with E-state index in [-0.39, 0.29) is 5.95 Å². The van der Waals surface area contributed by atoms with Gasteiger partial charge in [0, 0.05) is 0 Å². The smallest absolute Gasteiger partial charge is 0.326 e. The van der Waals surface area contributed by atoms with Gasteiger partial charge < -0.3 is 10.1 Å². The van der Waals surface area contributed by atoms with Crippen LogP contribution in [0.4, 0.5) is 16.4 Å². The molecule has 7 heteroatoms. The number of aryl methyl sites for hydroxylation is 1. The monoisotopic (exact) mass is 247 g/mol. The van der Waals surface area contributed by atoms with Crippen LogP contribution in [0.5, 0.6) is 5.75 Å². The Bertz CT molecular complexity index is 552. The van der Waals surface area contributed by atoms with E-state index in [0.29, 0.717) is 17.3 Å². The van der Waals surface area contributed by atoms with Crippen molar-refractivity contribution in [1.82, 2.24) is 15.2 Å². The van der Waals surface area contributed by atoms with Crippen molar-refractivity contribution in [3.05, 3.63) is 30.1 Å². The Morgan fingerprint density at radius 3 is 2.78 bits per heavy atom. The summed E-state index contributed by atoms with van der Waals surface area (Å²) >= 11 is 0. The number of amides is 2. The highest BCUT2D eigenvalue weighted by Crippen LogP contribution is 2.22. The minimum absolute atomic E-state index is 0.222. The third kappa shape index (κ3) is 2.76. The molecule has 1 aromatic carbocycles. The number of carbonyl (C=O) groups excluding carboxylic acids is 1. The summed E-state index contributed by atoms with van der Waals surface area (Å²) in [5, 5.41) is 11.6. The minimum atomic E-state index is -0.432. The highest BCUT2D eigenvalue weighted by atomic mass is 16.5. The molecule has 2 amide bonds. The molecule has 2 aromatic rings. The molecule has 0 aliphatic rings. The number of hydrogen-bond donors (Lipinski definition) is 3. The van der Waals surface area contributed by atoms with Gasteiger partial charge in [0.1, 0.15) is 11.6 Å². The molecule has 0 saturated carbocycles. The molecule has 3 N–H and O–H groups in total. The predicted octanol–water partition coefficient (Wildman–Crippen LogP) is 1.77. The summed E-state index contributed by atoms with van der Waals surface area (Å²) in [5.41, 5.74) is 0.574. The van der Waals surface area contributed by atoms with E-state index >= 15 is 0 Å². The largest absolute Gasteiger partial charge is 0.495 e. The first-order valence-corrected chi connectivity index (χ1v) is 5.29. The second-order valence-corrected chi connectivity index (χ2v) is 3.52. The Labute approximate surface area is 104 Å². The Kier molecular flexibility index (Phi) is 3.42. The molecule has 0 aliphatic heterocycles. The van der Waals surface area contributed by atoms with Gasteiger partial charge in [-0.2, -0.15) is 4.98 Å². The number of hydrogen-bond acceptors (Lipinski definition) is 4. The predicted molar refractivity (Wildman–Crippen MR) is 66.8 cm³/mol. The van der Waals surface area contributed by atoms with Gasteiger partial charge in [0.05, 0.1) is 12.8 Å². The number of nitrogens with one attached hydrogen (secondary N) is 3. The number of aromatic nitrogens is 3. The summed E-state index contributed by atoms with van der Waals surface area (Å²) in [6.45, 7) is 1.75. The van der Waals surface area contributed by atoms with E-state index in [0.717, 1.165) is 0 Å². The average Bonchev–Trinajstić information content (AvgIpc) is 2.75. The van der Waals surface area contributed by atoms with E-state index in [1.165, 1.54) is 7.11 Å². The van der Waals surface area contributed by atoms with Crippen LogP contribution in [0.15, 0.2) is 24.3 Å². The van der Waals surface area contributed by atoms with E-state index < -0.39 is 6.03 Å². The number of aromatic amines is 1. The number of H-pyrrole nitrogens is 1. The van der Waals surface area contributed by atoms with E-state index in [1.54, 1.807) is 25.1 Å². The number of carbonyl (C=O) groups is 1. The van der Waals surface area contributed by atoms with Crippen molar-refractivity contribution in [2.45, 2.75) is 6.92 Å². The molecular weight excluding hydrogens is 234 g/mol. The lowest BCUT2D eigenvalue weighted by Gasteiger charge is -2.09. The minimum Gasteiger partial charge on any atom is -0.495 e. The van der Waals surface area contributed by atoms with Crippen LogP contribution in [0, 0.1) is 6.92 Å². The molecule has 0 radical (unpaired) electrons. The van der Waals surface area contributed by atoms with Crippen LogP contribution in [0.1, 0.15) is 5.82 Å². The zero-order valence-corrected chi connectivity index (χ0v) is 10.0. The maximum Gasteiger partial charge on any atom is 0.326 e. The molecule has 2 rings (SSSR count). The Morgan fingerprint density at radius 1 is 1.33 bits per heavy atom. The second kappa shape index (κ2) is 5.17. The van der Waals surface area contributed by atoms with Gasteiger partial charge in [-0.05, 0) is 19.1 Å². The van der Waals surface area contributed by atoms with Crippen LogP contribution in [0.3, 0.4) is 0 Å². The molecule has 18 heavy (non-hydrogen) atoms. The van der Waals surface area contributed by atoms with Gasteiger partial charge in [0.15, 0.2) is 0 Å². The topological polar surface area (TPSA) is 91.9 Å². The van der Waals surface area contributed by atoms with Crippen LogP contribution in [-0.4, -0.2) is 28.3 Å². The van der Waals surface area contributed by atoms with Gasteiger partial charge in [0.25, 0.3) is 0 Å². The third-order valence-electron chi connectivity index (χ3n) is 2.18. The lowest BCUT2D eigenvalue weighted by atomic mass is 10.3. The third-order valence-corrected chi connectivity index (χ3v) is 2.18. The number of rotatable bonds is 3. The molecule has 0 saturated heterocycles. The first-order valence-electron chi connectivity index (χ1n) is 5.29. The van der Waals surface area contributed by atoms with E-state index in [1.807, 2.05) is 6.07 Å². The molecule has 94 valence electrons. The maximum atomic E-state index is 11.7. The van der Waals surface area contributed by atoms with Gasteiger partial charge in [-0.3, -0.25) is 10.4 Å². The van der Waals surface area contributed by atoms with Crippen LogP contribution < -0.4 is 15.4 Å². The Morgan fingerprint density at radius 2 is 2.11 bits per heavy atom. The van der Waals surface area contributed by atoms with Crippen molar-refractivity contribution in [3.8, 4) is 5.75 Å². The number of nitrogens with zero attached hydrogens (tertiary/aromatic N) is 2. The van der Waals surface area contributed by atoms with E-state index in [9.17, 15) is 4.79 Å². The number of urea groups is 1. The molecule has 0 spiro atoms. The highest BCUT2D eigenvalue weighted by molar-refractivity contribution is 5.99. The SMILES string of the molecule is COc1ccccc1NC(=O)Nc1n[nH]c(C)n1. The fourth-order valence-electron chi connectivity index (χ4n) is 1.40. The van der Waals surface area contributed by atoms with Crippen molar-refractivity contribution in [2.75, 3.05) is 17.7 Å². The van der Waals surface area contributed by atoms with Crippen molar-refractivity contribution < 1.29 is 9.53 Å². The molecular formula is C11H13N5O2. The molecule has 0 atom stereocenters. The van der Waals surface area contributed by atoms with Crippen LogP contribution in [0.25, 0.3) is 0 Å². The lowest BCUT2D eigenvalue weighted by Crippen LogP contribution is -2.20. The van der Waals surface area contributed by atoms with Gasteiger partial charge in [-0.25, -0.2) is 4.79 Å². The molecule has 0 bridgehead atoms. The molecule has 0 aliphatic carbocycles. The van der Waals surface area contributed by atoms with Gasteiger partial charge in [-0.1, -0.05) is 12.1 Å². The normalized spacial score (nSPS) is 9.89. The summed E-state index contributed by atoms with van der Waals surface area (Å²) < 4.78 is 5.12. The summed E-state index contributed by atoms with van der Waals surface area (Å²) in [7, 11) is 1.54. The van der Waals surface area contributed by atoms with E-state index in [4.69, 9.17) is 4.74 Å². The van der Waals surface area contributed by atoms with Crippen LogP contribution >= 0.6 is 0 Å². The zero-order valence-electron chi connectivity index (χ0n) is 10.0. The molecule has 0 unspecified atom stereocenters. The first-order chi connectivity index (χ1) is 8.69. The van der Waals surface area contributed by atoms with Crippen molar-refractivity contribution in [1.29, 1.82) is 0 Å². The van der Waals surface area contributed by atoms with Crippen molar-refractivity contribution >= 4 is 17.7 Å². The number of anilines is 2. The summed E-state index contributed by atoms with van der Waals surface area (Å²) in [6.07, 6.45) is 0. The number of ether oxygens (including phenoxy) is 1. The van der Waals surface area contributed by atoms with Gasteiger partial charge in [-0.15, -0.1) is 5.10 Å². The second-order valence-electron chi connectivity index (χ2n) is 3.52. The summed E-state index contributed by atoms with van der Waals surface area (Å²) in [4.78, 5) is 15.7. The summed E-state index contributed by atoms with van der Waals surface area (Å²) in [5.74, 6) is 1.43. The van der Waals surface area contributed by atoms with Crippen LogP contribution in [-0.2, 0) is 0 Å². The molecule has 1 heterocycles. The summed E-state index contributed by atoms with van der Waals surface area (Å²) in [6, 6.07) is 6.68. The van der Waals surface area contributed by atoms with Gasteiger partial charge in [0.2, 0.25) is 5.95 Å². The fraction of sp³-hybridized carbons (Fsp3) is 0.182. The number of methoxy groups -OCH3 is 1. The zero-order chi connectivity index (χ0) is 13.0. The highest BCUT2D eigenvalue weighted by Gasteiger charge is 2.08.